The summed E-state index contributed by atoms with van der Waals surface area (Å²) >= 11 is 0. The average Bonchev–Trinajstić information content (AvgIpc) is 2.70. The maximum atomic E-state index is 12.9. The standard InChI is InChI=1S/C20H24N2O5S/c1-14-4-5-16(12-15(14)2)21-28(24,25)17-6-7-19(26-3)18(13-17)20(23)22-8-10-27-11-9-22/h4-7,12-13,21H,8-11H2,1-3H3. The molecule has 8 heteroatoms. The molecule has 1 aliphatic heterocycles. The number of aryl methyl sites for hydroxylation is 2. The number of benzene rings is 2. The van der Waals surface area contributed by atoms with Crippen LogP contribution in [0.3, 0.4) is 0 Å². The highest BCUT2D eigenvalue weighted by Gasteiger charge is 2.24. The molecule has 0 bridgehead atoms. The van der Waals surface area contributed by atoms with E-state index in [1.54, 1.807) is 17.0 Å². The number of hydrogen-bond donors (Lipinski definition) is 1. The predicted octanol–water partition coefficient (Wildman–Crippen LogP) is 2.59. The minimum Gasteiger partial charge on any atom is -0.496 e. The minimum atomic E-state index is -3.86. The third kappa shape index (κ3) is 4.28. The number of hydrogen-bond acceptors (Lipinski definition) is 5. The highest BCUT2D eigenvalue weighted by molar-refractivity contribution is 7.92. The lowest BCUT2D eigenvalue weighted by Crippen LogP contribution is -2.40. The Bertz CT molecular complexity index is 982. The molecule has 2 aromatic carbocycles. The van der Waals surface area contributed by atoms with Crippen LogP contribution in [-0.2, 0) is 14.8 Å². The maximum Gasteiger partial charge on any atom is 0.261 e. The molecular formula is C20H24N2O5S. The molecule has 3 rings (SSSR count). The lowest BCUT2D eigenvalue weighted by molar-refractivity contribution is 0.0300. The molecule has 0 aromatic heterocycles. The zero-order chi connectivity index (χ0) is 20.3. The number of nitrogens with zero attached hydrogens (tertiary/aromatic N) is 1. The summed E-state index contributed by atoms with van der Waals surface area (Å²) < 4.78 is 38.8. The van der Waals surface area contributed by atoms with E-state index < -0.39 is 10.0 Å². The number of anilines is 1. The molecule has 0 saturated carbocycles. The van der Waals surface area contributed by atoms with Gasteiger partial charge in [0, 0.05) is 18.8 Å². The highest BCUT2D eigenvalue weighted by Crippen LogP contribution is 2.26. The van der Waals surface area contributed by atoms with E-state index in [9.17, 15) is 13.2 Å². The van der Waals surface area contributed by atoms with Gasteiger partial charge in [0.2, 0.25) is 0 Å². The van der Waals surface area contributed by atoms with E-state index >= 15 is 0 Å². The Hall–Kier alpha value is -2.58. The maximum absolute atomic E-state index is 12.9. The van der Waals surface area contributed by atoms with Gasteiger partial charge < -0.3 is 14.4 Å². The third-order valence-electron chi connectivity index (χ3n) is 4.77. The molecule has 28 heavy (non-hydrogen) atoms. The van der Waals surface area contributed by atoms with Crippen LogP contribution in [0.1, 0.15) is 21.5 Å². The van der Waals surface area contributed by atoms with Crippen LogP contribution < -0.4 is 9.46 Å². The zero-order valence-corrected chi connectivity index (χ0v) is 17.0. The number of nitrogens with one attached hydrogen (secondary N) is 1. The largest absolute Gasteiger partial charge is 0.496 e. The monoisotopic (exact) mass is 404 g/mol. The van der Waals surface area contributed by atoms with Gasteiger partial charge in [0.15, 0.2) is 0 Å². The topological polar surface area (TPSA) is 84.9 Å². The molecule has 1 aliphatic rings. The smallest absolute Gasteiger partial charge is 0.261 e. The van der Waals surface area contributed by atoms with Crippen molar-refractivity contribution in [2.75, 3.05) is 38.1 Å². The van der Waals surface area contributed by atoms with Crippen LogP contribution in [0.25, 0.3) is 0 Å². The first kappa shape index (κ1) is 20.2. The van der Waals surface area contributed by atoms with Crippen molar-refractivity contribution in [3.63, 3.8) is 0 Å². The number of carbonyl (C=O) groups is 1. The second-order valence-electron chi connectivity index (χ2n) is 6.67. The van der Waals surface area contributed by atoms with Crippen molar-refractivity contribution in [1.29, 1.82) is 0 Å². The van der Waals surface area contributed by atoms with Crippen LogP contribution >= 0.6 is 0 Å². The van der Waals surface area contributed by atoms with Crippen molar-refractivity contribution >= 4 is 21.6 Å². The number of rotatable bonds is 5. The summed E-state index contributed by atoms with van der Waals surface area (Å²) in [4.78, 5) is 14.5. The van der Waals surface area contributed by atoms with E-state index in [2.05, 4.69) is 4.72 Å². The van der Waals surface area contributed by atoms with E-state index in [-0.39, 0.29) is 16.4 Å². The highest BCUT2D eigenvalue weighted by atomic mass is 32.2. The van der Waals surface area contributed by atoms with Gasteiger partial charge in [-0.2, -0.15) is 0 Å². The Labute approximate surface area is 165 Å². The molecule has 1 saturated heterocycles. The fraction of sp³-hybridized carbons (Fsp3) is 0.350. The molecule has 1 fully saturated rings. The number of sulfonamides is 1. The van der Waals surface area contributed by atoms with E-state index in [0.29, 0.717) is 37.7 Å². The summed E-state index contributed by atoms with van der Waals surface area (Å²) in [5.74, 6) is 0.0602. The van der Waals surface area contributed by atoms with Gasteiger partial charge >= 0.3 is 0 Å². The summed E-state index contributed by atoms with van der Waals surface area (Å²) in [7, 11) is -2.40. The van der Waals surface area contributed by atoms with E-state index in [0.717, 1.165) is 11.1 Å². The second-order valence-corrected chi connectivity index (χ2v) is 8.35. The van der Waals surface area contributed by atoms with Crippen LogP contribution in [-0.4, -0.2) is 52.6 Å². The number of carbonyl (C=O) groups excluding carboxylic acids is 1. The van der Waals surface area contributed by atoms with Crippen LogP contribution in [0.4, 0.5) is 5.69 Å². The predicted molar refractivity (Wildman–Crippen MR) is 106 cm³/mol. The summed E-state index contributed by atoms with van der Waals surface area (Å²) in [6.45, 7) is 5.71. The Kier molecular flexibility index (Phi) is 5.90. The quantitative estimate of drug-likeness (QED) is 0.828. The Morgan fingerprint density at radius 2 is 1.79 bits per heavy atom. The van der Waals surface area contributed by atoms with Gasteiger partial charge in [-0.05, 0) is 55.3 Å². The molecule has 1 amide bonds. The summed E-state index contributed by atoms with van der Waals surface area (Å²) in [6.07, 6.45) is 0. The molecule has 0 spiro atoms. The number of methoxy groups -OCH3 is 1. The fourth-order valence-electron chi connectivity index (χ4n) is 2.98. The Morgan fingerprint density at radius 3 is 2.43 bits per heavy atom. The van der Waals surface area contributed by atoms with E-state index in [4.69, 9.17) is 9.47 Å². The number of morpholine rings is 1. The Morgan fingerprint density at radius 1 is 1.07 bits per heavy atom. The average molecular weight is 404 g/mol. The molecule has 0 unspecified atom stereocenters. The molecule has 7 nitrogen and oxygen atoms in total. The van der Waals surface area contributed by atoms with Gasteiger partial charge in [0.1, 0.15) is 5.75 Å². The van der Waals surface area contributed by atoms with Gasteiger partial charge in [-0.25, -0.2) is 8.42 Å². The summed E-state index contributed by atoms with van der Waals surface area (Å²) in [6, 6.07) is 9.63. The zero-order valence-electron chi connectivity index (χ0n) is 16.2. The van der Waals surface area contributed by atoms with Crippen LogP contribution in [0, 0.1) is 13.8 Å². The fourth-order valence-corrected chi connectivity index (χ4v) is 4.05. The molecular weight excluding hydrogens is 380 g/mol. The number of amides is 1. The van der Waals surface area contributed by atoms with Gasteiger partial charge in [-0.15, -0.1) is 0 Å². The summed E-state index contributed by atoms with van der Waals surface area (Å²) in [5.41, 5.74) is 2.75. The van der Waals surface area contributed by atoms with Crippen LogP contribution in [0.5, 0.6) is 5.75 Å². The van der Waals surface area contributed by atoms with Gasteiger partial charge in [-0.3, -0.25) is 9.52 Å². The van der Waals surface area contributed by atoms with Gasteiger partial charge in [-0.1, -0.05) is 6.07 Å². The van der Waals surface area contributed by atoms with Crippen molar-refractivity contribution in [2.45, 2.75) is 18.7 Å². The SMILES string of the molecule is COc1ccc(S(=O)(=O)Nc2ccc(C)c(C)c2)cc1C(=O)N1CCOCC1. The number of ether oxygens (including phenoxy) is 2. The van der Waals surface area contributed by atoms with Crippen LogP contribution in [0.15, 0.2) is 41.3 Å². The first-order valence-corrected chi connectivity index (χ1v) is 10.5. The minimum absolute atomic E-state index is 0.00291. The molecule has 1 heterocycles. The van der Waals surface area contributed by atoms with Crippen molar-refractivity contribution in [1.82, 2.24) is 4.90 Å². The lowest BCUT2D eigenvalue weighted by Gasteiger charge is -2.27. The first-order valence-electron chi connectivity index (χ1n) is 8.97. The van der Waals surface area contributed by atoms with Crippen molar-refractivity contribution < 1.29 is 22.7 Å². The third-order valence-corrected chi connectivity index (χ3v) is 6.15. The van der Waals surface area contributed by atoms with Gasteiger partial charge in [0.05, 0.1) is 30.8 Å². The van der Waals surface area contributed by atoms with E-state index in [1.807, 2.05) is 19.9 Å². The van der Waals surface area contributed by atoms with Crippen molar-refractivity contribution in [3.8, 4) is 5.75 Å². The summed E-state index contributed by atoms with van der Waals surface area (Å²) in [5, 5.41) is 0. The molecule has 1 N–H and O–H groups in total. The normalized spacial score (nSPS) is 14.6. The molecule has 150 valence electrons. The van der Waals surface area contributed by atoms with Crippen molar-refractivity contribution in [2.24, 2.45) is 0 Å². The molecule has 0 atom stereocenters. The molecule has 0 radical (unpaired) electrons. The lowest BCUT2D eigenvalue weighted by atomic mass is 10.1. The second kappa shape index (κ2) is 8.20. The van der Waals surface area contributed by atoms with Gasteiger partial charge in [0.25, 0.3) is 15.9 Å². The van der Waals surface area contributed by atoms with E-state index in [1.165, 1.54) is 25.3 Å². The first-order chi connectivity index (χ1) is 13.3. The van der Waals surface area contributed by atoms with Crippen LogP contribution in [0.2, 0.25) is 0 Å². The van der Waals surface area contributed by atoms with Crippen molar-refractivity contribution in [3.05, 3.63) is 53.1 Å². The Balaban J connectivity index is 1.92. The molecule has 2 aromatic rings. The molecule has 0 aliphatic carbocycles.